The van der Waals surface area contributed by atoms with E-state index in [0.717, 1.165) is 23.7 Å². The molecule has 2 aromatic heterocycles. The van der Waals surface area contributed by atoms with E-state index in [4.69, 9.17) is 5.73 Å². The number of halogens is 3. The Morgan fingerprint density at radius 2 is 2.10 bits per heavy atom. The number of rotatable bonds is 4. The molecule has 0 aromatic carbocycles. The zero-order valence-corrected chi connectivity index (χ0v) is 11.3. The average molecular weight is 287 g/mol. The molecule has 2 heterocycles. The lowest BCUT2D eigenvalue weighted by Crippen LogP contribution is -2.19. The second-order valence-electron chi connectivity index (χ2n) is 4.77. The Balaban J connectivity index is 2.61. The number of nitrogens with two attached hydrogens (primary N) is 1. The van der Waals surface area contributed by atoms with Crippen molar-refractivity contribution in [3.05, 3.63) is 17.6 Å². The highest BCUT2D eigenvalue weighted by Gasteiger charge is 2.39. The van der Waals surface area contributed by atoms with Gasteiger partial charge in [-0.05, 0) is 12.3 Å². The van der Waals surface area contributed by atoms with Crippen LogP contribution in [-0.4, -0.2) is 19.6 Å². The monoisotopic (exact) mass is 287 g/mol. The van der Waals surface area contributed by atoms with Gasteiger partial charge >= 0.3 is 6.18 Å². The van der Waals surface area contributed by atoms with Crippen LogP contribution in [0.15, 0.2) is 6.33 Å². The summed E-state index contributed by atoms with van der Waals surface area (Å²) in [5.74, 6) is -0.516. The van der Waals surface area contributed by atoms with E-state index in [9.17, 15) is 13.2 Å². The van der Waals surface area contributed by atoms with E-state index in [1.807, 2.05) is 6.92 Å². The summed E-state index contributed by atoms with van der Waals surface area (Å²) in [4.78, 5) is 7.26. The van der Waals surface area contributed by atoms with Gasteiger partial charge in [0.1, 0.15) is 12.1 Å². The van der Waals surface area contributed by atoms with Gasteiger partial charge in [-0.25, -0.2) is 4.98 Å². The maximum absolute atomic E-state index is 13.2. The minimum atomic E-state index is -4.56. The lowest BCUT2D eigenvalue weighted by molar-refractivity contribution is -0.141. The Kier molecular flexibility index (Phi) is 3.82. The normalized spacial score (nSPS) is 13.8. The van der Waals surface area contributed by atoms with Crippen LogP contribution in [0.3, 0.4) is 0 Å². The maximum Gasteiger partial charge on any atom is 0.433 e. The molecule has 0 aliphatic carbocycles. The van der Waals surface area contributed by atoms with Crippen molar-refractivity contribution in [1.29, 1.82) is 0 Å². The van der Waals surface area contributed by atoms with Crippen molar-refractivity contribution in [3.63, 3.8) is 0 Å². The van der Waals surface area contributed by atoms with Crippen LogP contribution in [0, 0.1) is 0 Å². The molecule has 0 fully saturated rings. The summed E-state index contributed by atoms with van der Waals surface area (Å²) in [5.41, 5.74) is 4.90. The number of hydrogen-bond acceptors (Lipinski definition) is 4. The predicted octanol–water partition coefficient (Wildman–Crippen LogP) is 3.02. The lowest BCUT2D eigenvalue weighted by atomic mass is 9.94. The van der Waals surface area contributed by atoms with Gasteiger partial charge in [-0.1, -0.05) is 26.7 Å². The molecule has 5 nitrogen and oxygen atoms in total. The number of nitrogens with zero attached hydrogens (tertiary/aromatic N) is 4. The van der Waals surface area contributed by atoms with E-state index in [2.05, 4.69) is 15.1 Å². The highest BCUT2D eigenvalue weighted by atomic mass is 19.4. The standard InChI is InChI=1S/C12H16F3N5/c1-3-4-5-7(2)8-9(12(13,14)15)19-11-17-6-18-20(11)10(8)16/h6-7H,3-5,16H2,1-2H3. The fourth-order valence-corrected chi connectivity index (χ4v) is 2.23. The van der Waals surface area contributed by atoms with Crippen LogP contribution in [-0.2, 0) is 6.18 Å². The number of unbranched alkanes of at least 4 members (excludes halogenated alkanes) is 1. The minimum absolute atomic E-state index is 0.00366. The average Bonchev–Trinajstić information content (AvgIpc) is 2.83. The zero-order chi connectivity index (χ0) is 14.9. The lowest BCUT2D eigenvalue weighted by Gasteiger charge is -2.19. The molecule has 0 spiro atoms. The number of hydrogen-bond donors (Lipinski definition) is 1. The van der Waals surface area contributed by atoms with E-state index >= 15 is 0 Å². The number of anilines is 1. The Labute approximate surface area is 114 Å². The Morgan fingerprint density at radius 1 is 1.40 bits per heavy atom. The first kappa shape index (κ1) is 14.5. The van der Waals surface area contributed by atoms with Gasteiger partial charge in [0, 0.05) is 5.56 Å². The maximum atomic E-state index is 13.2. The molecule has 8 heteroatoms. The topological polar surface area (TPSA) is 69.1 Å². The zero-order valence-electron chi connectivity index (χ0n) is 11.3. The van der Waals surface area contributed by atoms with Crippen LogP contribution in [0.5, 0.6) is 0 Å². The molecule has 2 rings (SSSR count). The molecular formula is C12H16F3N5. The molecule has 0 amide bonds. The summed E-state index contributed by atoms with van der Waals surface area (Å²) in [6.07, 6.45) is -1.07. The number of aromatic nitrogens is 4. The molecule has 20 heavy (non-hydrogen) atoms. The summed E-state index contributed by atoms with van der Waals surface area (Å²) in [6.45, 7) is 3.71. The molecular weight excluding hydrogens is 271 g/mol. The number of nitrogen functional groups attached to an aromatic ring is 1. The fourth-order valence-electron chi connectivity index (χ4n) is 2.23. The molecule has 0 aliphatic rings. The van der Waals surface area contributed by atoms with Gasteiger partial charge in [0.2, 0.25) is 0 Å². The van der Waals surface area contributed by atoms with Crippen LogP contribution in [0.4, 0.5) is 19.0 Å². The largest absolute Gasteiger partial charge is 0.433 e. The van der Waals surface area contributed by atoms with Gasteiger partial charge in [-0.2, -0.15) is 27.8 Å². The van der Waals surface area contributed by atoms with Crippen LogP contribution < -0.4 is 5.73 Å². The summed E-state index contributed by atoms with van der Waals surface area (Å²) < 4.78 is 40.7. The molecule has 0 aliphatic heterocycles. The molecule has 0 bridgehead atoms. The van der Waals surface area contributed by atoms with Crippen LogP contribution in [0.1, 0.15) is 50.3 Å². The second kappa shape index (κ2) is 5.26. The molecule has 0 saturated carbocycles. The van der Waals surface area contributed by atoms with E-state index in [0.29, 0.717) is 6.42 Å². The van der Waals surface area contributed by atoms with Crippen molar-refractivity contribution in [2.75, 3.05) is 5.73 Å². The molecule has 2 aromatic rings. The fraction of sp³-hybridized carbons (Fsp3) is 0.583. The van der Waals surface area contributed by atoms with Crippen molar-refractivity contribution >= 4 is 11.6 Å². The molecule has 0 radical (unpaired) electrons. The molecule has 0 saturated heterocycles. The highest BCUT2D eigenvalue weighted by molar-refractivity contribution is 5.51. The summed E-state index contributed by atoms with van der Waals surface area (Å²) in [6, 6.07) is 0. The smallest absolute Gasteiger partial charge is 0.383 e. The minimum Gasteiger partial charge on any atom is -0.383 e. The van der Waals surface area contributed by atoms with E-state index in [1.165, 1.54) is 0 Å². The Morgan fingerprint density at radius 3 is 2.70 bits per heavy atom. The third kappa shape index (κ3) is 2.54. The van der Waals surface area contributed by atoms with Gasteiger partial charge in [-0.3, -0.25) is 0 Å². The SMILES string of the molecule is CCCCC(C)c1c(C(F)(F)F)nc2ncnn2c1N. The van der Waals surface area contributed by atoms with Crippen molar-refractivity contribution in [2.45, 2.75) is 45.2 Å². The van der Waals surface area contributed by atoms with E-state index < -0.39 is 11.9 Å². The molecule has 1 unspecified atom stereocenters. The van der Waals surface area contributed by atoms with Crippen LogP contribution in [0.25, 0.3) is 5.78 Å². The van der Waals surface area contributed by atoms with Gasteiger partial charge in [0.25, 0.3) is 5.78 Å². The predicted molar refractivity (Wildman–Crippen MR) is 68.1 cm³/mol. The third-order valence-corrected chi connectivity index (χ3v) is 3.25. The van der Waals surface area contributed by atoms with Crippen LogP contribution in [0.2, 0.25) is 0 Å². The van der Waals surface area contributed by atoms with Crippen molar-refractivity contribution in [3.8, 4) is 0 Å². The first-order chi connectivity index (χ1) is 9.36. The number of alkyl halides is 3. The van der Waals surface area contributed by atoms with E-state index in [1.54, 1.807) is 6.92 Å². The van der Waals surface area contributed by atoms with Gasteiger partial charge in [0.15, 0.2) is 5.69 Å². The van der Waals surface area contributed by atoms with Crippen molar-refractivity contribution in [2.24, 2.45) is 0 Å². The van der Waals surface area contributed by atoms with Crippen molar-refractivity contribution < 1.29 is 13.2 Å². The molecule has 1 atom stereocenters. The van der Waals surface area contributed by atoms with Gasteiger partial charge in [0.05, 0.1) is 0 Å². The first-order valence-electron chi connectivity index (χ1n) is 6.42. The second-order valence-corrected chi connectivity index (χ2v) is 4.77. The molecule has 110 valence electrons. The van der Waals surface area contributed by atoms with Crippen LogP contribution >= 0.6 is 0 Å². The third-order valence-electron chi connectivity index (χ3n) is 3.25. The van der Waals surface area contributed by atoms with Crippen molar-refractivity contribution in [1.82, 2.24) is 19.6 Å². The van der Waals surface area contributed by atoms with Gasteiger partial charge in [-0.15, -0.1) is 0 Å². The van der Waals surface area contributed by atoms with E-state index in [-0.39, 0.29) is 23.1 Å². The quantitative estimate of drug-likeness (QED) is 0.938. The molecule has 2 N–H and O–H groups in total. The Bertz CT molecular complexity index is 605. The highest BCUT2D eigenvalue weighted by Crippen LogP contribution is 2.38. The first-order valence-corrected chi connectivity index (χ1v) is 6.42. The van der Waals surface area contributed by atoms with Gasteiger partial charge < -0.3 is 5.73 Å². The summed E-state index contributed by atoms with van der Waals surface area (Å²) in [5, 5.41) is 3.82. The number of fused-ring (bicyclic) bond motifs is 1. The summed E-state index contributed by atoms with van der Waals surface area (Å²) >= 11 is 0. The summed E-state index contributed by atoms with van der Waals surface area (Å²) in [7, 11) is 0. The Hall–Kier alpha value is -1.86.